The fourth-order valence-electron chi connectivity index (χ4n) is 6.62. The van der Waals surface area contributed by atoms with E-state index in [4.69, 9.17) is 24.7 Å². The molecule has 12 nitrogen and oxygen atoms in total. The number of Topliss-reactive ketones (excluding diaryl/α,β-unsaturated/α-hetero) is 2. The molecule has 0 radical (unpaired) electrons. The molecular weight excluding hydrogens is 688 g/mol. The predicted molar refractivity (Wildman–Crippen MR) is 203 cm³/mol. The number of benzene rings is 2. The molecule has 0 spiro atoms. The molecule has 8 rings (SSSR count). The third-order valence-corrected chi connectivity index (χ3v) is 9.62. The van der Waals surface area contributed by atoms with Crippen LogP contribution in [0, 0.1) is 13.1 Å². The van der Waals surface area contributed by atoms with E-state index in [-0.39, 0.29) is 11.6 Å². The number of unbranched alkanes of at least 4 members (excludes halogenated alkanes) is 4. The second-order valence-electron chi connectivity index (χ2n) is 13.1. The van der Waals surface area contributed by atoms with Crippen LogP contribution >= 0.6 is 11.6 Å². The molecule has 4 heterocycles. The first-order valence-electron chi connectivity index (χ1n) is 17.9. The van der Waals surface area contributed by atoms with Gasteiger partial charge in [0.15, 0.2) is 28.5 Å². The summed E-state index contributed by atoms with van der Waals surface area (Å²) in [6.45, 7) is 20.1. The Labute approximate surface area is 312 Å². The van der Waals surface area contributed by atoms with Gasteiger partial charge in [-0.15, -0.1) is 0 Å². The van der Waals surface area contributed by atoms with Gasteiger partial charge >= 0.3 is 0 Å². The number of nitrogens with zero attached hydrogens (tertiary/aromatic N) is 10. The highest BCUT2D eigenvalue weighted by atomic mass is 35.5. The second kappa shape index (κ2) is 17.1. The molecule has 0 aliphatic heterocycles. The van der Waals surface area contributed by atoms with Gasteiger partial charge in [0, 0.05) is 44.7 Å². The van der Waals surface area contributed by atoms with Crippen molar-refractivity contribution >= 4 is 56.6 Å². The zero-order valence-electron chi connectivity index (χ0n) is 29.8. The fraction of sp³-hybridized carbons (Fsp3) is 0.350. The quantitative estimate of drug-likeness (QED) is 0.0825. The number of ketones is 2. The molecular formula is C40H39ClN10O2. The number of hydrogen-bond acceptors (Lipinski definition) is 8. The summed E-state index contributed by atoms with van der Waals surface area (Å²) in [5.41, 5.74) is 7.16. The molecule has 2 aromatic carbocycles. The molecule has 2 aliphatic carbocycles. The molecule has 2 aliphatic rings. The van der Waals surface area contributed by atoms with Gasteiger partial charge in [-0.25, -0.2) is 29.6 Å². The molecule has 13 heteroatoms. The minimum atomic E-state index is -0.439. The molecule has 0 fully saturated rings. The zero-order valence-corrected chi connectivity index (χ0v) is 30.6. The summed E-state index contributed by atoms with van der Waals surface area (Å²) < 4.78 is 3.79. The van der Waals surface area contributed by atoms with Gasteiger partial charge in [-0.1, -0.05) is 87.5 Å². The number of carbonyl (C=O) groups excluding carboxylic acids is 2. The number of hydrogen-bond donors (Lipinski definition) is 0. The normalized spacial score (nSPS) is 14.2. The number of carbonyl (C=O) groups is 2. The van der Waals surface area contributed by atoms with Gasteiger partial charge in [0.05, 0.1) is 35.5 Å². The lowest BCUT2D eigenvalue weighted by Gasteiger charge is -2.10. The predicted octanol–water partition coefficient (Wildman–Crippen LogP) is 8.40. The molecule has 0 bridgehead atoms. The molecule has 0 saturated carbocycles. The maximum atomic E-state index is 12.7. The van der Waals surface area contributed by atoms with Crippen molar-refractivity contribution in [3.63, 3.8) is 0 Å². The van der Waals surface area contributed by atoms with Crippen molar-refractivity contribution in [1.82, 2.24) is 39.5 Å². The number of fused-ring (bicyclic) bond motifs is 4. The molecule has 53 heavy (non-hydrogen) atoms. The van der Waals surface area contributed by atoms with Gasteiger partial charge < -0.3 is 0 Å². The van der Waals surface area contributed by atoms with Gasteiger partial charge in [-0.3, -0.25) is 19.0 Å². The largest absolute Gasteiger partial charge is 0.299 e. The number of halogens is 1. The first-order chi connectivity index (χ1) is 25.8. The SMILES string of the molecule is CCCCCn1cc2c(Cl)ncnc2n1.[C-]#[N+]c1ccc2c(c1)C(c1ncnc3nn(CCCCC)cc13)C(=O)C2.[C-]#[N+]c1ccc2c(c1)CC(=O)C2. The Hall–Kier alpha value is -5.85. The van der Waals surface area contributed by atoms with Crippen molar-refractivity contribution in [2.24, 2.45) is 0 Å². The lowest BCUT2D eigenvalue weighted by atomic mass is 9.95. The summed E-state index contributed by atoms with van der Waals surface area (Å²) in [6.07, 6.45) is 15.2. The van der Waals surface area contributed by atoms with E-state index in [0.29, 0.717) is 52.8 Å². The lowest BCUT2D eigenvalue weighted by molar-refractivity contribution is -0.118. The molecule has 1 atom stereocenters. The van der Waals surface area contributed by atoms with Crippen LogP contribution in [0.3, 0.4) is 0 Å². The van der Waals surface area contributed by atoms with Crippen LogP contribution < -0.4 is 0 Å². The van der Waals surface area contributed by atoms with Crippen molar-refractivity contribution in [3.8, 4) is 0 Å². The van der Waals surface area contributed by atoms with E-state index < -0.39 is 5.92 Å². The Morgan fingerprint density at radius 2 is 1.30 bits per heavy atom. The van der Waals surface area contributed by atoms with Gasteiger partial charge in [0.1, 0.15) is 23.6 Å². The third kappa shape index (κ3) is 8.62. The molecule has 1 unspecified atom stereocenters. The maximum Gasteiger partial charge on any atom is 0.187 e. The Morgan fingerprint density at radius 3 is 1.94 bits per heavy atom. The van der Waals surface area contributed by atoms with E-state index in [1.807, 2.05) is 46.0 Å². The summed E-state index contributed by atoms with van der Waals surface area (Å²) in [5, 5.41) is 11.0. The number of aromatic nitrogens is 8. The lowest BCUT2D eigenvalue weighted by Crippen LogP contribution is -2.10. The van der Waals surface area contributed by atoms with Crippen LogP contribution in [0.4, 0.5) is 11.4 Å². The van der Waals surface area contributed by atoms with E-state index >= 15 is 0 Å². The highest BCUT2D eigenvalue weighted by Crippen LogP contribution is 2.39. The maximum absolute atomic E-state index is 12.7. The van der Waals surface area contributed by atoms with Gasteiger partial charge in [-0.2, -0.15) is 10.2 Å². The van der Waals surface area contributed by atoms with Crippen LogP contribution in [0.5, 0.6) is 0 Å². The topological polar surface area (TPSA) is 130 Å². The van der Waals surface area contributed by atoms with Crippen LogP contribution in [0.15, 0.2) is 61.4 Å². The number of rotatable bonds is 9. The Bertz CT molecular complexity index is 2370. The van der Waals surface area contributed by atoms with Gasteiger partial charge in [-0.05, 0) is 35.1 Å². The molecule has 268 valence electrons. The molecule has 0 saturated heterocycles. The second-order valence-corrected chi connectivity index (χ2v) is 13.5. The van der Waals surface area contributed by atoms with E-state index in [2.05, 4.69) is 53.7 Å². The average Bonchev–Trinajstić information content (AvgIpc) is 3.94. The van der Waals surface area contributed by atoms with E-state index in [9.17, 15) is 9.59 Å². The van der Waals surface area contributed by atoms with Crippen LogP contribution in [0.25, 0.3) is 31.8 Å². The summed E-state index contributed by atoms with van der Waals surface area (Å²) >= 11 is 5.93. The van der Waals surface area contributed by atoms with Crippen LogP contribution in [0.1, 0.15) is 86.2 Å². The molecule has 4 aromatic heterocycles. The average molecular weight is 727 g/mol. The van der Waals surface area contributed by atoms with Crippen LogP contribution in [-0.2, 0) is 41.9 Å². The summed E-state index contributed by atoms with van der Waals surface area (Å²) in [7, 11) is 0. The standard InChI is InChI=1S/C20H19N5O.C10H13ClN4.C10H7NO/c1-3-4-5-8-25-11-16-19(22-12-23-20(16)24-25)18-15-10-14(21-2)7-6-13(15)9-17(18)26;1-2-3-4-5-15-6-8-9(11)12-7-13-10(8)14-15;1-11-9-3-2-7-5-10(12)6-8(7)4-9/h6-7,10-12,18H,3-5,8-9H2,1H3;6-7H,2-5H2,1H3;2-4H,5-6H2. The van der Waals surface area contributed by atoms with E-state index in [1.54, 1.807) is 12.1 Å². The molecule has 6 aromatic rings. The summed E-state index contributed by atoms with van der Waals surface area (Å²) in [5.74, 6) is -0.0708. The first-order valence-corrected chi connectivity index (χ1v) is 18.2. The van der Waals surface area contributed by atoms with Crippen LogP contribution in [0.2, 0.25) is 5.15 Å². The number of aryl methyl sites for hydroxylation is 2. The van der Waals surface area contributed by atoms with Gasteiger partial charge in [0.2, 0.25) is 0 Å². The summed E-state index contributed by atoms with van der Waals surface area (Å²) in [4.78, 5) is 47.3. The van der Waals surface area contributed by atoms with Crippen molar-refractivity contribution in [1.29, 1.82) is 0 Å². The summed E-state index contributed by atoms with van der Waals surface area (Å²) in [6, 6.07) is 10.9. The Morgan fingerprint density at radius 1 is 0.717 bits per heavy atom. The minimum Gasteiger partial charge on any atom is -0.299 e. The van der Waals surface area contributed by atoms with E-state index in [1.165, 1.54) is 25.5 Å². The van der Waals surface area contributed by atoms with Crippen LogP contribution in [-0.4, -0.2) is 51.1 Å². The monoisotopic (exact) mass is 726 g/mol. The van der Waals surface area contributed by atoms with Gasteiger partial charge in [0.25, 0.3) is 0 Å². The van der Waals surface area contributed by atoms with Crippen molar-refractivity contribution in [2.75, 3.05) is 0 Å². The fourth-order valence-corrected chi connectivity index (χ4v) is 6.79. The first kappa shape index (κ1) is 36.9. The zero-order chi connectivity index (χ0) is 37.3. The van der Waals surface area contributed by atoms with Crippen molar-refractivity contribution < 1.29 is 9.59 Å². The highest BCUT2D eigenvalue weighted by molar-refractivity contribution is 6.33. The highest BCUT2D eigenvalue weighted by Gasteiger charge is 2.34. The third-order valence-electron chi connectivity index (χ3n) is 9.32. The molecule has 0 amide bonds. The Kier molecular flexibility index (Phi) is 11.9. The minimum absolute atomic E-state index is 0.112. The van der Waals surface area contributed by atoms with E-state index in [0.717, 1.165) is 71.8 Å². The molecule has 0 N–H and O–H groups in total. The van der Waals surface area contributed by atoms with Crippen molar-refractivity contribution in [3.05, 3.63) is 117 Å². The van der Waals surface area contributed by atoms with Crippen molar-refractivity contribution in [2.45, 2.75) is 90.6 Å². The Balaban J connectivity index is 0.000000150. The smallest absolute Gasteiger partial charge is 0.187 e.